The van der Waals surface area contributed by atoms with E-state index in [0.29, 0.717) is 6.04 Å². The van der Waals surface area contributed by atoms with Crippen LogP contribution in [0.2, 0.25) is 0 Å². The number of aliphatic hydroxyl groups is 1. The van der Waals surface area contributed by atoms with Gasteiger partial charge in [0.1, 0.15) is 12.4 Å². The van der Waals surface area contributed by atoms with Gasteiger partial charge in [-0.05, 0) is 31.5 Å². The largest absolute Gasteiger partial charge is 0.492 e. The number of hydrogen-bond acceptors (Lipinski definition) is 3. The Bertz CT molecular complexity index is 363. The van der Waals surface area contributed by atoms with Gasteiger partial charge in [-0.1, -0.05) is 6.07 Å². The minimum absolute atomic E-state index is 0.0922. The fraction of sp³-hybridized carbons (Fsp3) is 0.538. The van der Waals surface area contributed by atoms with Crippen molar-refractivity contribution in [3.63, 3.8) is 0 Å². The highest BCUT2D eigenvalue weighted by atomic mass is 16.5. The minimum Gasteiger partial charge on any atom is -0.492 e. The predicted molar refractivity (Wildman–Crippen MR) is 63.4 cm³/mol. The number of aliphatic hydroxyl groups excluding tert-OH is 1. The molecule has 88 valence electrons. The summed E-state index contributed by atoms with van der Waals surface area (Å²) in [6.07, 6.45) is 0. The number of benzene rings is 1. The zero-order chi connectivity index (χ0) is 11.5. The van der Waals surface area contributed by atoms with Gasteiger partial charge in [-0.15, -0.1) is 0 Å². The molecule has 1 heterocycles. The summed E-state index contributed by atoms with van der Waals surface area (Å²) in [4.78, 5) is 2.38. The highest BCUT2D eigenvalue weighted by Gasteiger charge is 2.17. The fourth-order valence-electron chi connectivity index (χ4n) is 2.01. The third-order valence-electron chi connectivity index (χ3n) is 3.05. The molecule has 16 heavy (non-hydrogen) atoms. The van der Waals surface area contributed by atoms with Gasteiger partial charge in [-0.2, -0.15) is 0 Å². The molecule has 0 unspecified atom stereocenters. The van der Waals surface area contributed by atoms with Crippen LogP contribution < -0.4 is 4.74 Å². The molecule has 0 amide bonds. The van der Waals surface area contributed by atoms with E-state index in [-0.39, 0.29) is 6.61 Å². The monoisotopic (exact) mass is 221 g/mol. The van der Waals surface area contributed by atoms with E-state index in [2.05, 4.69) is 18.7 Å². The SMILES string of the molecule is CC(C)N1CCOc2ccc(CO)cc2C1. The molecule has 1 aromatic rings. The second-order valence-corrected chi connectivity index (χ2v) is 4.51. The molecule has 1 N–H and O–H groups in total. The van der Waals surface area contributed by atoms with Crippen LogP contribution in [0, 0.1) is 0 Å². The van der Waals surface area contributed by atoms with Crippen LogP contribution >= 0.6 is 0 Å². The van der Waals surface area contributed by atoms with E-state index >= 15 is 0 Å². The molecule has 0 spiro atoms. The molecule has 0 aliphatic carbocycles. The second-order valence-electron chi connectivity index (χ2n) is 4.51. The van der Waals surface area contributed by atoms with Crippen molar-refractivity contribution in [3.8, 4) is 5.75 Å². The normalized spacial score (nSPS) is 16.8. The van der Waals surface area contributed by atoms with Crippen LogP contribution in [0.4, 0.5) is 0 Å². The van der Waals surface area contributed by atoms with E-state index in [1.54, 1.807) is 0 Å². The lowest BCUT2D eigenvalue weighted by atomic mass is 10.1. The summed E-state index contributed by atoms with van der Waals surface area (Å²) in [5.74, 6) is 0.959. The summed E-state index contributed by atoms with van der Waals surface area (Å²) >= 11 is 0. The summed E-state index contributed by atoms with van der Waals surface area (Å²) in [5.41, 5.74) is 2.13. The molecule has 0 atom stereocenters. The van der Waals surface area contributed by atoms with Gasteiger partial charge in [-0.3, -0.25) is 4.90 Å². The first-order chi connectivity index (χ1) is 7.70. The Labute approximate surface area is 96.6 Å². The van der Waals surface area contributed by atoms with Crippen molar-refractivity contribution < 1.29 is 9.84 Å². The number of fused-ring (bicyclic) bond motifs is 1. The van der Waals surface area contributed by atoms with Gasteiger partial charge >= 0.3 is 0 Å². The number of hydrogen-bond donors (Lipinski definition) is 1. The van der Waals surface area contributed by atoms with E-state index < -0.39 is 0 Å². The maximum Gasteiger partial charge on any atom is 0.123 e. The van der Waals surface area contributed by atoms with Crippen LogP contribution in [0.15, 0.2) is 18.2 Å². The molecule has 3 nitrogen and oxygen atoms in total. The number of rotatable bonds is 2. The topological polar surface area (TPSA) is 32.7 Å². The molecule has 3 heteroatoms. The maximum absolute atomic E-state index is 9.13. The molecule has 1 aliphatic heterocycles. The van der Waals surface area contributed by atoms with Crippen LogP contribution in [-0.4, -0.2) is 29.2 Å². The maximum atomic E-state index is 9.13. The molecule has 2 rings (SSSR count). The Hall–Kier alpha value is -1.06. The van der Waals surface area contributed by atoms with Crippen LogP contribution in [-0.2, 0) is 13.2 Å². The van der Waals surface area contributed by atoms with Gasteiger partial charge in [-0.25, -0.2) is 0 Å². The van der Waals surface area contributed by atoms with E-state index in [1.807, 2.05) is 18.2 Å². The van der Waals surface area contributed by atoms with Crippen LogP contribution in [0.3, 0.4) is 0 Å². The van der Waals surface area contributed by atoms with Gasteiger partial charge in [0.25, 0.3) is 0 Å². The molecular weight excluding hydrogens is 202 g/mol. The summed E-state index contributed by atoms with van der Waals surface area (Å²) in [6.45, 7) is 7.09. The number of ether oxygens (including phenoxy) is 1. The Kier molecular flexibility index (Phi) is 3.46. The van der Waals surface area contributed by atoms with Crippen molar-refractivity contribution in [3.05, 3.63) is 29.3 Å². The highest BCUT2D eigenvalue weighted by molar-refractivity contribution is 5.37. The first-order valence-corrected chi connectivity index (χ1v) is 5.80. The Morgan fingerprint density at radius 3 is 2.94 bits per heavy atom. The lowest BCUT2D eigenvalue weighted by Crippen LogP contribution is -2.32. The average molecular weight is 221 g/mol. The Balaban J connectivity index is 2.26. The van der Waals surface area contributed by atoms with Crippen molar-refractivity contribution in [2.24, 2.45) is 0 Å². The predicted octanol–water partition coefficient (Wildman–Crippen LogP) is 1.78. The quantitative estimate of drug-likeness (QED) is 0.826. The molecule has 1 aliphatic rings. The van der Waals surface area contributed by atoms with E-state index in [9.17, 15) is 0 Å². The first kappa shape index (κ1) is 11.4. The Morgan fingerprint density at radius 2 is 2.25 bits per heavy atom. The molecule has 0 aromatic heterocycles. The zero-order valence-corrected chi connectivity index (χ0v) is 9.94. The van der Waals surface area contributed by atoms with Crippen molar-refractivity contribution in [2.45, 2.75) is 33.0 Å². The van der Waals surface area contributed by atoms with Gasteiger partial charge in [0, 0.05) is 24.7 Å². The van der Waals surface area contributed by atoms with E-state index in [1.165, 1.54) is 5.56 Å². The highest BCUT2D eigenvalue weighted by Crippen LogP contribution is 2.25. The molecule has 0 bridgehead atoms. The molecule has 0 radical (unpaired) electrons. The molecular formula is C13H19NO2. The zero-order valence-electron chi connectivity index (χ0n) is 9.94. The molecule has 1 aromatic carbocycles. The lowest BCUT2D eigenvalue weighted by molar-refractivity contribution is 0.189. The van der Waals surface area contributed by atoms with Crippen molar-refractivity contribution in [1.29, 1.82) is 0 Å². The third-order valence-corrected chi connectivity index (χ3v) is 3.05. The van der Waals surface area contributed by atoms with Gasteiger partial charge < -0.3 is 9.84 Å². The first-order valence-electron chi connectivity index (χ1n) is 5.80. The van der Waals surface area contributed by atoms with Crippen molar-refractivity contribution in [1.82, 2.24) is 4.90 Å². The standard InChI is InChI=1S/C13H19NO2/c1-10(2)14-5-6-16-13-4-3-11(9-15)7-12(13)8-14/h3-4,7,10,15H,5-6,8-9H2,1-2H3. The Morgan fingerprint density at radius 1 is 1.44 bits per heavy atom. The van der Waals surface area contributed by atoms with Crippen molar-refractivity contribution >= 4 is 0 Å². The van der Waals surface area contributed by atoms with E-state index in [0.717, 1.165) is 31.0 Å². The lowest BCUT2D eigenvalue weighted by Gasteiger charge is -2.23. The molecule has 0 saturated carbocycles. The fourth-order valence-corrected chi connectivity index (χ4v) is 2.01. The smallest absolute Gasteiger partial charge is 0.123 e. The van der Waals surface area contributed by atoms with Crippen LogP contribution in [0.25, 0.3) is 0 Å². The van der Waals surface area contributed by atoms with Crippen LogP contribution in [0.1, 0.15) is 25.0 Å². The summed E-state index contributed by atoms with van der Waals surface area (Å²) < 4.78 is 5.71. The number of nitrogens with zero attached hydrogens (tertiary/aromatic N) is 1. The van der Waals surface area contributed by atoms with Gasteiger partial charge in [0.2, 0.25) is 0 Å². The molecule has 0 saturated heterocycles. The van der Waals surface area contributed by atoms with Gasteiger partial charge in [0.05, 0.1) is 6.61 Å². The second kappa shape index (κ2) is 4.85. The van der Waals surface area contributed by atoms with Crippen molar-refractivity contribution in [2.75, 3.05) is 13.2 Å². The summed E-state index contributed by atoms with van der Waals surface area (Å²) in [6, 6.07) is 6.44. The summed E-state index contributed by atoms with van der Waals surface area (Å²) in [5, 5.41) is 9.13. The molecule has 0 fully saturated rings. The minimum atomic E-state index is 0.0922. The van der Waals surface area contributed by atoms with Gasteiger partial charge in [0.15, 0.2) is 0 Å². The summed E-state index contributed by atoms with van der Waals surface area (Å²) in [7, 11) is 0. The third kappa shape index (κ3) is 2.36. The van der Waals surface area contributed by atoms with E-state index in [4.69, 9.17) is 9.84 Å². The average Bonchev–Trinajstić information content (AvgIpc) is 2.49. The van der Waals surface area contributed by atoms with Crippen LogP contribution in [0.5, 0.6) is 5.75 Å².